The van der Waals surface area contributed by atoms with Gasteiger partial charge in [-0.1, -0.05) is 34.9 Å². The van der Waals surface area contributed by atoms with Crippen molar-refractivity contribution in [3.63, 3.8) is 0 Å². The maximum absolute atomic E-state index is 10.7. The van der Waals surface area contributed by atoms with Crippen LogP contribution in [-0.4, -0.2) is 15.5 Å². The van der Waals surface area contributed by atoms with E-state index in [4.69, 9.17) is 9.79 Å². The maximum Gasteiger partial charge on any atom is 0.384 e. The molecule has 3 nitrogen and oxygen atoms in total. The second kappa shape index (κ2) is 10.4. The van der Waals surface area contributed by atoms with Gasteiger partial charge in [0.2, 0.25) is 0 Å². The zero-order valence-electron chi connectivity index (χ0n) is 12.9. The van der Waals surface area contributed by atoms with Gasteiger partial charge >= 0.3 is 6.80 Å². The lowest BCUT2D eigenvalue weighted by atomic mass is 10.1. The molecule has 0 aromatic carbocycles. The Morgan fingerprint density at radius 1 is 0.950 bits per heavy atom. The van der Waals surface area contributed by atoms with Crippen LogP contribution in [0.4, 0.5) is 0 Å². The van der Waals surface area contributed by atoms with E-state index in [0.717, 1.165) is 25.7 Å². The molecule has 0 aromatic rings. The summed E-state index contributed by atoms with van der Waals surface area (Å²) in [6.07, 6.45) is 10.5. The van der Waals surface area contributed by atoms with Crippen molar-refractivity contribution in [1.29, 1.82) is 0 Å². The van der Waals surface area contributed by atoms with Crippen LogP contribution in [0.15, 0.2) is 34.9 Å². The highest BCUT2D eigenvalue weighted by atomic mass is 32.7. The second-order valence-electron chi connectivity index (χ2n) is 5.25. The van der Waals surface area contributed by atoms with Crippen molar-refractivity contribution in [1.82, 2.24) is 0 Å². The molecule has 0 aliphatic rings. The van der Waals surface area contributed by atoms with Crippen molar-refractivity contribution in [2.45, 2.75) is 53.4 Å². The number of hydrogen-bond acceptors (Lipinski definition) is 2. The van der Waals surface area contributed by atoms with Crippen molar-refractivity contribution < 1.29 is 14.4 Å². The molecular weight excluding hydrogens is 291 g/mol. The summed E-state index contributed by atoms with van der Waals surface area (Å²) in [4.78, 5) is 17.5. The Balaban J connectivity index is 3.94. The van der Waals surface area contributed by atoms with Gasteiger partial charge in [0.1, 0.15) is 0 Å². The summed E-state index contributed by atoms with van der Waals surface area (Å²) >= 11 is 0.684. The SMILES string of the molecule is CC(C)=CCC/C(C)=C/CC/C(C)=C/CSP(=O)(O)O. The molecule has 0 rings (SSSR count). The van der Waals surface area contributed by atoms with Crippen LogP contribution in [0.25, 0.3) is 0 Å². The molecule has 116 valence electrons. The Kier molecular flexibility index (Phi) is 10.3. The molecule has 0 radical (unpaired) electrons. The first-order valence-corrected chi connectivity index (χ1v) is 10.1. The minimum Gasteiger partial charge on any atom is -0.317 e. The molecule has 0 amide bonds. The van der Waals surface area contributed by atoms with Gasteiger partial charge in [0.25, 0.3) is 0 Å². The van der Waals surface area contributed by atoms with E-state index in [0.29, 0.717) is 17.1 Å². The minimum absolute atomic E-state index is 0.374. The van der Waals surface area contributed by atoms with Gasteiger partial charge in [0, 0.05) is 5.75 Å². The van der Waals surface area contributed by atoms with Gasteiger partial charge in [-0.05, 0) is 64.8 Å². The average molecular weight is 318 g/mol. The Bertz CT molecular complexity index is 415. The quantitative estimate of drug-likeness (QED) is 0.451. The molecule has 0 aliphatic heterocycles. The Morgan fingerprint density at radius 3 is 1.95 bits per heavy atom. The minimum atomic E-state index is -3.93. The van der Waals surface area contributed by atoms with E-state index in [2.05, 4.69) is 32.9 Å². The van der Waals surface area contributed by atoms with Gasteiger partial charge in [0.15, 0.2) is 0 Å². The molecule has 2 N–H and O–H groups in total. The average Bonchev–Trinajstić information content (AvgIpc) is 2.26. The molecule has 0 aliphatic carbocycles. The highest BCUT2D eigenvalue weighted by Gasteiger charge is 2.11. The zero-order valence-corrected chi connectivity index (χ0v) is 14.6. The fraction of sp³-hybridized carbons (Fsp3) is 0.600. The zero-order chi connectivity index (χ0) is 15.6. The van der Waals surface area contributed by atoms with Gasteiger partial charge in [-0.25, -0.2) is 4.57 Å². The fourth-order valence-electron chi connectivity index (χ4n) is 1.62. The molecule has 0 fully saturated rings. The lowest BCUT2D eigenvalue weighted by Crippen LogP contribution is -1.82. The summed E-state index contributed by atoms with van der Waals surface area (Å²) in [5, 5.41) is 0. The molecule has 0 spiro atoms. The monoisotopic (exact) mass is 318 g/mol. The van der Waals surface area contributed by atoms with Crippen LogP contribution < -0.4 is 0 Å². The topological polar surface area (TPSA) is 57.5 Å². The molecule has 0 unspecified atom stereocenters. The van der Waals surface area contributed by atoms with Crippen molar-refractivity contribution in [2.75, 3.05) is 5.75 Å². The van der Waals surface area contributed by atoms with Gasteiger partial charge in [0.05, 0.1) is 0 Å². The highest BCUT2D eigenvalue weighted by Crippen LogP contribution is 2.50. The molecule has 0 aromatic heterocycles. The molecule has 20 heavy (non-hydrogen) atoms. The van der Waals surface area contributed by atoms with E-state index < -0.39 is 6.80 Å². The van der Waals surface area contributed by atoms with E-state index in [9.17, 15) is 4.57 Å². The summed E-state index contributed by atoms with van der Waals surface area (Å²) in [6.45, 7) is 4.46. The fourth-order valence-corrected chi connectivity index (χ4v) is 2.97. The van der Waals surface area contributed by atoms with Gasteiger partial charge < -0.3 is 9.79 Å². The number of allylic oxidation sites excluding steroid dienone is 5. The van der Waals surface area contributed by atoms with Crippen molar-refractivity contribution >= 4 is 18.2 Å². The lowest BCUT2D eigenvalue weighted by Gasteiger charge is -2.02. The van der Waals surface area contributed by atoms with Crippen LogP contribution in [0.1, 0.15) is 53.4 Å². The second-order valence-corrected chi connectivity index (χ2v) is 9.02. The van der Waals surface area contributed by atoms with Gasteiger partial charge in [-0.3, -0.25) is 0 Å². The molecule has 0 atom stereocenters. The third-order valence-corrected chi connectivity index (χ3v) is 4.91. The summed E-state index contributed by atoms with van der Waals surface area (Å²) in [5.41, 5.74) is 3.94. The van der Waals surface area contributed by atoms with Crippen LogP contribution in [0.2, 0.25) is 0 Å². The third kappa shape index (κ3) is 14.1. The lowest BCUT2D eigenvalue weighted by molar-refractivity contribution is 0.397. The molecule has 0 bridgehead atoms. The normalized spacial score (nSPS) is 13.5. The summed E-state index contributed by atoms with van der Waals surface area (Å²) in [5.74, 6) is 0.374. The molecule has 0 saturated carbocycles. The molecule has 5 heteroatoms. The highest BCUT2D eigenvalue weighted by molar-refractivity contribution is 8.54. The van der Waals surface area contributed by atoms with Crippen molar-refractivity contribution in [3.05, 3.63) is 34.9 Å². The number of rotatable bonds is 9. The Morgan fingerprint density at radius 2 is 1.45 bits per heavy atom. The van der Waals surface area contributed by atoms with Crippen LogP contribution >= 0.6 is 18.2 Å². The van der Waals surface area contributed by atoms with Crippen LogP contribution in [0.3, 0.4) is 0 Å². The van der Waals surface area contributed by atoms with Crippen LogP contribution in [0, 0.1) is 0 Å². The van der Waals surface area contributed by atoms with E-state index >= 15 is 0 Å². The predicted molar refractivity (Wildman–Crippen MR) is 89.9 cm³/mol. The smallest absolute Gasteiger partial charge is 0.317 e. The maximum atomic E-state index is 10.7. The van der Waals surface area contributed by atoms with E-state index in [1.165, 1.54) is 16.7 Å². The van der Waals surface area contributed by atoms with Crippen LogP contribution in [-0.2, 0) is 4.57 Å². The van der Waals surface area contributed by atoms with Crippen molar-refractivity contribution in [3.8, 4) is 0 Å². The Labute approximate surface area is 127 Å². The van der Waals surface area contributed by atoms with E-state index in [-0.39, 0.29) is 0 Å². The predicted octanol–water partition coefficient (Wildman–Crippen LogP) is 5.23. The molecule has 0 saturated heterocycles. The Hall–Kier alpha value is -0.280. The standard InChI is InChI=1S/C15H27O3PS/c1-13(2)7-5-8-14(3)9-6-10-15(4)11-12-20-19(16,17)18/h7,9,11H,5-6,8,10,12H2,1-4H3,(H2,16,17,18)/b14-9+,15-11+. The summed E-state index contributed by atoms with van der Waals surface area (Å²) in [7, 11) is 0. The first-order chi connectivity index (χ1) is 9.20. The summed E-state index contributed by atoms with van der Waals surface area (Å²) in [6, 6.07) is 0. The van der Waals surface area contributed by atoms with Gasteiger partial charge in [-0.2, -0.15) is 0 Å². The van der Waals surface area contributed by atoms with E-state index in [1.807, 2.05) is 13.0 Å². The first kappa shape index (κ1) is 19.7. The number of hydrogen-bond donors (Lipinski definition) is 2. The van der Waals surface area contributed by atoms with Gasteiger partial charge in [-0.15, -0.1) is 0 Å². The van der Waals surface area contributed by atoms with Crippen LogP contribution in [0.5, 0.6) is 0 Å². The molecular formula is C15H27O3PS. The van der Waals surface area contributed by atoms with E-state index in [1.54, 1.807) is 0 Å². The largest absolute Gasteiger partial charge is 0.384 e. The molecule has 0 heterocycles. The summed E-state index contributed by atoms with van der Waals surface area (Å²) < 4.78 is 10.7. The van der Waals surface area contributed by atoms with Crippen molar-refractivity contribution in [2.24, 2.45) is 0 Å². The third-order valence-electron chi connectivity index (χ3n) is 2.80. The first-order valence-electron chi connectivity index (χ1n) is 6.85.